The van der Waals surface area contributed by atoms with Crippen LogP contribution in [0.1, 0.15) is 11.6 Å². The Kier molecular flexibility index (Phi) is 3.38. The van der Waals surface area contributed by atoms with E-state index in [4.69, 9.17) is 10.8 Å². The number of carboxylic acid groups (broad SMARTS) is 1. The Balaban J connectivity index is 3.19. The van der Waals surface area contributed by atoms with Gasteiger partial charge in [0.25, 0.3) is 0 Å². The first-order valence-electron chi connectivity index (χ1n) is 3.56. The molecule has 0 aromatic heterocycles. The van der Waals surface area contributed by atoms with Gasteiger partial charge in [-0.25, -0.2) is 8.78 Å². The average Bonchev–Trinajstić information content (AvgIpc) is 2.12. The smallest absolute Gasteiger partial charge is 0.325 e. The third-order valence-electron chi connectivity index (χ3n) is 1.63. The van der Waals surface area contributed by atoms with Gasteiger partial charge in [-0.2, -0.15) is 0 Å². The van der Waals surface area contributed by atoms with E-state index in [2.05, 4.69) is 0 Å². The number of hydrogen-bond acceptors (Lipinski definition) is 2. The number of rotatable bonds is 2. The summed E-state index contributed by atoms with van der Waals surface area (Å²) in [5.41, 5.74) is 5.10. The Morgan fingerprint density at radius 3 is 2.21 bits per heavy atom. The maximum atomic E-state index is 13.0. The molecule has 0 unspecified atom stereocenters. The van der Waals surface area contributed by atoms with E-state index >= 15 is 0 Å². The minimum Gasteiger partial charge on any atom is -0.480 e. The fourth-order valence-corrected chi connectivity index (χ4v) is 1.21. The van der Waals surface area contributed by atoms with E-state index in [0.717, 1.165) is 12.1 Å². The summed E-state index contributed by atoms with van der Waals surface area (Å²) in [6, 6.07) is 0.434. The van der Waals surface area contributed by atoms with E-state index in [-0.39, 0.29) is 9.13 Å². The summed E-state index contributed by atoms with van der Waals surface area (Å²) in [6.07, 6.45) is 0. The van der Waals surface area contributed by atoms with Gasteiger partial charge in [0.1, 0.15) is 17.7 Å². The Bertz CT molecular complexity index is 361. The van der Waals surface area contributed by atoms with Crippen LogP contribution in [0.5, 0.6) is 0 Å². The second-order valence-corrected chi connectivity index (χ2v) is 3.69. The molecule has 0 heterocycles. The van der Waals surface area contributed by atoms with Crippen molar-refractivity contribution >= 4 is 28.6 Å². The van der Waals surface area contributed by atoms with Crippen LogP contribution in [-0.2, 0) is 4.79 Å². The normalized spacial score (nSPS) is 12.6. The highest BCUT2D eigenvalue weighted by molar-refractivity contribution is 14.1. The zero-order chi connectivity index (χ0) is 10.9. The summed E-state index contributed by atoms with van der Waals surface area (Å²) in [4.78, 5) is 10.4. The van der Waals surface area contributed by atoms with Crippen LogP contribution in [0, 0.1) is 15.2 Å². The first-order chi connectivity index (χ1) is 6.43. The minimum absolute atomic E-state index is 0.0899. The largest absolute Gasteiger partial charge is 0.480 e. The maximum absolute atomic E-state index is 13.0. The predicted octanol–water partition coefficient (Wildman–Crippen LogP) is 1.65. The van der Waals surface area contributed by atoms with Crippen LogP contribution in [0.15, 0.2) is 12.1 Å². The van der Waals surface area contributed by atoms with Crippen LogP contribution >= 0.6 is 22.6 Å². The molecule has 1 aromatic carbocycles. The lowest BCUT2D eigenvalue weighted by molar-refractivity contribution is -0.138. The lowest BCUT2D eigenvalue weighted by Crippen LogP contribution is -2.21. The highest BCUT2D eigenvalue weighted by Gasteiger charge is 2.18. The molecule has 1 aromatic rings. The van der Waals surface area contributed by atoms with Crippen molar-refractivity contribution in [2.45, 2.75) is 6.04 Å². The van der Waals surface area contributed by atoms with Gasteiger partial charge in [-0.05, 0) is 40.3 Å². The topological polar surface area (TPSA) is 63.3 Å². The molecule has 0 fully saturated rings. The van der Waals surface area contributed by atoms with Gasteiger partial charge in [0.05, 0.1) is 3.57 Å². The lowest BCUT2D eigenvalue weighted by atomic mass is 10.1. The highest BCUT2D eigenvalue weighted by Crippen LogP contribution is 2.20. The van der Waals surface area contributed by atoms with E-state index in [1.54, 1.807) is 0 Å². The molecule has 14 heavy (non-hydrogen) atoms. The second-order valence-electron chi connectivity index (χ2n) is 2.61. The molecule has 0 aliphatic heterocycles. The first kappa shape index (κ1) is 11.3. The van der Waals surface area contributed by atoms with Crippen molar-refractivity contribution in [1.29, 1.82) is 0 Å². The number of halogens is 3. The molecule has 6 heteroatoms. The maximum Gasteiger partial charge on any atom is 0.325 e. The number of nitrogens with two attached hydrogens (primary N) is 1. The van der Waals surface area contributed by atoms with Gasteiger partial charge in [-0.15, -0.1) is 0 Å². The van der Waals surface area contributed by atoms with E-state index < -0.39 is 23.6 Å². The SMILES string of the molecule is N[C@H](C(=O)O)c1cc(F)c(I)c(F)c1. The summed E-state index contributed by atoms with van der Waals surface area (Å²) in [7, 11) is 0. The van der Waals surface area contributed by atoms with E-state index in [1.807, 2.05) is 0 Å². The Labute approximate surface area is 92.0 Å². The molecule has 0 spiro atoms. The molecule has 0 aliphatic rings. The van der Waals surface area contributed by atoms with Crippen LogP contribution in [0.2, 0.25) is 0 Å². The number of benzene rings is 1. The van der Waals surface area contributed by atoms with Crippen molar-refractivity contribution < 1.29 is 18.7 Å². The van der Waals surface area contributed by atoms with Gasteiger partial charge in [0, 0.05) is 0 Å². The molecule has 0 aliphatic carbocycles. The molecule has 76 valence electrons. The van der Waals surface area contributed by atoms with Crippen LogP contribution in [0.25, 0.3) is 0 Å². The number of hydrogen-bond donors (Lipinski definition) is 2. The van der Waals surface area contributed by atoms with Crippen LogP contribution < -0.4 is 5.73 Å². The second kappa shape index (κ2) is 4.18. The molecule has 0 amide bonds. The number of aliphatic carboxylic acids is 1. The van der Waals surface area contributed by atoms with Crippen molar-refractivity contribution in [3.63, 3.8) is 0 Å². The van der Waals surface area contributed by atoms with Crippen LogP contribution in [0.4, 0.5) is 8.78 Å². The van der Waals surface area contributed by atoms with Gasteiger partial charge in [0.15, 0.2) is 0 Å². The van der Waals surface area contributed by atoms with Crippen LogP contribution in [0.3, 0.4) is 0 Å². The Morgan fingerprint density at radius 2 is 1.86 bits per heavy atom. The highest BCUT2D eigenvalue weighted by atomic mass is 127. The average molecular weight is 313 g/mol. The lowest BCUT2D eigenvalue weighted by Gasteiger charge is -2.07. The van der Waals surface area contributed by atoms with E-state index in [1.165, 1.54) is 22.6 Å². The Hall–Kier alpha value is -0.760. The molecular weight excluding hydrogens is 307 g/mol. The molecule has 1 atom stereocenters. The van der Waals surface area contributed by atoms with Crippen molar-refractivity contribution in [1.82, 2.24) is 0 Å². The third-order valence-corrected chi connectivity index (χ3v) is 2.66. The predicted molar refractivity (Wildman–Crippen MR) is 53.6 cm³/mol. The number of carboxylic acids is 1. The summed E-state index contributed by atoms with van der Waals surface area (Å²) >= 11 is 1.49. The van der Waals surface area contributed by atoms with Gasteiger partial charge in [0.2, 0.25) is 0 Å². The number of carbonyl (C=O) groups is 1. The summed E-state index contributed by atoms with van der Waals surface area (Å²) < 4.78 is 25.8. The minimum atomic E-state index is -1.41. The van der Waals surface area contributed by atoms with Gasteiger partial charge in [-0.1, -0.05) is 0 Å². The summed E-state index contributed by atoms with van der Waals surface area (Å²) in [5, 5.41) is 8.51. The third kappa shape index (κ3) is 2.18. The monoisotopic (exact) mass is 313 g/mol. The van der Waals surface area contributed by atoms with E-state index in [9.17, 15) is 13.6 Å². The quantitative estimate of drug-likeness (QED) is 0.645. The Morgan fingerprint density at radius 1 is 1.43 bits per heavy atom. The summed E-state index contributed by atoms with van der Waals surface area (Å²) in [5.74, 6) is -2.94. The molecule has 3 N–H and O–H groups in total. The van der Waals surface area contributed by atoms with E-state index in [0.29, 0.717) is 0 Å². The zero-order valence-electron chi connectivity index (χ0n) is 6.80. The van der Waals surface area contributed by atoms with Gasteiger partial charge < -0.3 is 10.8 Å². The molecule has 1 rings (SSSR count). The molecular formula is C8H6F2INO2. The first-order valence-corrected chi connectivity index (χ1v) is 4.64. The van der Waals surface area contributed by atoms with Crippen molar-refractivity contribution in [2.75, 3.05) is 0 Å². The fourth-order valence-electron chi connectivity index (χ4n) is 0.897. The molecule has 0 radical (unpaired) electrons. The molecule has 3 nitrogen and oxygen atoms in total. The standard InChI is InChI=1S/C8H6F2INO2/c9-4-1-3(7(12)8(13)14)2-5(10)6(4)11/h1-2,7H,12H2,(H,13,14)/t7-/m0/s1. The van der Waals surface area contributed by atoms with Crippen molar-refractivity contribution in [3.8, 4) is 0 Å². The van der Waals surface area contributed by atoms with Crippen LogP contribution in [-0.4, -0.2) is 11.1 Å². The molecule has 0 bridgehead atoms. The van der Waals surface area contributed by atoms with Gasteiger partial charge in [-0.3, -0.25) is 4.79 Å². The van der Waals surface area contributed by atoms with Crippen molar-refractivity contribution in [3.05, 3.63) is 32.9 Å². The summed E-state index contributed by atoms with van der Waals surface area (Å²) in [6.45, 7) is 0. The molecule has 0 saturated carbocycles. The van der Waals surface area contributed by atoms with Gasteiger partial charge >= 0.3 is 5.97 Å². The fraction of sp³-hybridized carbons (Fsp3) is 0.125. The zero-order valence-corrected chi connectivity index (χ0v) is 8.96. The van der Waals surface area contributed by atoms with Crippen molar-refractivity contribution in [2.24, 2.45) is 5.73 Å². The molecule has 0 saturated heterocycles.